The number of rotatable bonds is 3. The third kappa shape index (κ3) is 4.77. The van der Waals surface area contributed by atoms with E-state index >= 15 is 0 Å². The van der Waals surface area contributed by atoms with Crippen molar-refractivity contribution in [2.45, 2.75) is 19.8 Å². The highest BCUT2D eigenvalue weighted by Crippen LogP contribution is 2.47. The van der Waals surface area contributed by atoms with Crippen molar-refractivity contribution < 1.29 is 4.42 Å². The van der Waals surface area contributed by atoms with Crippen LogP contribution in [0.5, 0.6) is 0 Å². The molecule has 0 fully saturated rings. The van der Waals surface area contributed by atoms with Gasteiger partial charge in [-0.3, -0.25) is 0 Å². The van der Waals surface area contributed by atoms with Crippen LogP contribution in [0.25, 0.3) is 65.4 Å². The highest BCUT2D eigenvalue weighted by Gasteiger charge is 2.25. The molecule has 0 bridgehead atoms. The normalized spacial score (nSPS) is 15.3. The molecule has 1 aromatic heterocycles. The van der Waals surface area contributed by atoms with Gasteiger partial charge in [-0.25, -0.2) is 0 Å². The molecule has 0 aliphatic heterocycles. The van der Waals surface area contributed by atoms with Crippen LogP contribution >= 0.6 is 0 Å². The minimum Gasteiger partial charge on any atom is -0.455 e. The average molecular weight is 618 g/mol. The maximum atomic E-state index is 9.18. The molecule has 1 heterocycles. The standard InChI is InChI=1S/C43H29NO.C3H6/c44-38-24-12-10-22-34(38)40(32-20-8-4-16-28(32)27-14-2-1-3-15-27)37-26-36-31-19-6-5-17-29(31)30-18-7-9-21-33(30)41(36)43-42(37)35-23-11-13-25-39(35)45-43;1-3-2/h2,4-26,44H,1,3H2;3H,1H2,2H3/b40-34-,44-38?;. The summed E-state index contributed by atoms with van der Waals surface area (Å²) in [7, 11) is 0. The first kappa shape index (κ1) is 29.4. The second-order valence-corrected chi connectivity index (χ2v) is 12.3. The summed E-state index contributed by atoms with van der Waals surface area (Å²) in [6, 6.07) is 36.8. The Balaban J connectivity index is 0.00000108. The Kier molecular flexibility index (Phi) is 7.55. The molecular formula is C46H35NO. The predicted molar refractivity (Wildman–Crippen MR) is 207 cm³/mol. The summed E-state index contributed by atoms with van der Waals surface area (Å²) < 4.78 is 6.88. The first-order chi connectivity index (χ1) is 23.7. The van der Waals surface area contributed by atoms with E-state index in [1.807, 2.05) is 31.2 Å². The number of allylic oxidation sites excluding steroid dienone is 10. The third-order valence-electron chi connectivity index (χ3n) is 9.32. The van der Waals surface area contributed by atoms with Crippen LogP contribution in [-0.4, -0.2) is 5.71 Å². The van der Waals surface area contributed by atoms with Gasteiger partial charge in [0.15, 0.2) is 0 Å². The molecule has 230 valence electrons. The molecular weight excluding hydrogens is 583 g/mol. The molecule has 0 atom stereocenters. The van der Waals surface area contributed by atoms with Crippen molar-refractivity contribution in [2.24, 2.45) is 0 Å². The van der Waals surface area contributed by atoms with Gasteiger partial charge in [-0.05, 0) is 92.7 Å². The SMILES string of the molecule is C=CC.N=C1C=CC=C/C1=C(\c1ccccc1C1=CCCC=C1)c1cc2c3ccccc3c3ccccc3c2c2oc3ccccc3c12. The molecule has 9 rings (SSSR count). The van der Waals surface area contributed by atoms with Crippen molar-refractivity contribution in [1.29, 1.82) is 5.41 Å². The molecule has 0 amide bonds. The van der Waals surface area contributed by atoms with E-state index in [9.17, 15) is 5.41 Å². The number of hydrogen-bond donors (Lipinski definition) is 1. The van der Waals surface area contributed by atoms with E-state index in [4.69, 9.17) is 4.42 Å². The Morgan fingerprint density at radius 2 is 1.29 bits per heavy atom. The highest BCUT2D eigenvalue weighted by molar-refractivity contribution is 6.34. The van der Waals surface area contributed by atoms with Gasteiger partial charge in [-0.15, -0.1) is 6.58 Å². The number of fused-ring (bicyclic) bond motifs is 10. The second kappa shape index (κ2) is 12.3. The Morgan fingerprint density at radius 1 is 0.667 bits per heavy atom. The summed E-state index contributed by atoms with van der Waals surface area (Å²) >= 11 is 0. The Labute approximate surface area is 280 Å². The Morgan fingerprint density at radius 3 is 2.02 bits per heavy atom. The van der Waals surface area contributed by atoms with Crippen LogP contribution in [0.15, 0.2) is 168 Å². The largest absolute Gasteiger partial charge is 0.455 e. The van der Waals surface area contributed by atoms with Gasteiger partial charge in [0.1, 0.15) is 11.2 Å². The second-order valence-electron chi connectivity index (χ2n) is 12.3. The first-order valence-electron chi connectivity index (χ1n) is 16.6. The molecule has 0 saturated carbocycles. The maximum Gasteiger partial charge on any atom is 0.144 e. The monoisotopic (exact) mass is 617 g/mol. The lowest BCUT2D eigenvalue weighted by molar-refractivity contribution is 0.673. The molecule has 0 spiro atoms. The molecule has 7 aromatic rings. The van der Waals surface area contributed by atoms with Crippen LogP contribution in [0.2, 0.25) is 0 Å². The van der Waals surface area contributed by atoms with Gasteiger partial charge < -0.3 is 9.83 Å². The average Bonchev–Trinajstić information content (AvgIpc) is 3.53. The number of nitrogens with one attached hydrogen (secondary N) is 1. The summed E-state index contributed by atoms with van der Waals surface area (Å²) in [5.41, 5.74) is 8.80. The molecule has 0 unspecified atom stereocenters. The summed E-state index contributed by atoms with van der Waals surface area (Å²) in [5, 5.41) is 18.4. The van der Waals surface area contributed by atoms with Gasteiger partial charge in [0.2, 0.25) is 0 Å². The van der Waals surface area contributed by atoms with E-state index in [1.54, 1.807) is 6.08 Å². The summed E-state index contributed by atoms with van der Waals surface area (Å²) in [6.07, 6.45) is 18.7. The fourth-order valence-corrected chi connectivity index (χ4v) is 7.37. The first-order valence-corrected chi connectivity index (χ1v) is 16.6. The van der Waals surface area contributed by atoms with E-state index < -0.39 is 0 Å². The van der Waals surface area contributed by atoms with Crippen molar-refractivity contribution in [3.8, 4) is 0 Å². The zero-order chi connectivity index (χ0) is 32.6. The van der Waals surface area contributed by atoms with E-state index in [0.29, 0.717) is 5.71 Å². The topological polar surface area (TPSA) is 37.0 Å². The molecule has 1 N–H and O–H groups in total. The van der Waals surface area contributed by atoms with E-state index in [1.165, 1.54) is 32.7 Å². The van der Waals surface area contributed by atoms with Crippen LogP contribution in [-0.2, 0) is 0 Å². The van der Waals surface area contributed by atoms with Crippen LogP contribution in [0, 0.1) is 5.41 Å². The van der Waals surface area contributed by atoms with Crippen LogP contribution in [0.4, 0.5) is 0 Å². The third-order valence-corrected chi connectivity index (χ3v) is 9.32. The van der Waals surface area contributed by atoms with Crippen molar-refractivity contribution in [1.82, 2.24) is 0 Å². The van der Waals surface area contributed by atoms with E-state index in [2.05, 4.69) is 128 Å². The molecule has 6 aromatic carbocycles. The fraction of sp³-hybridized carbons (Fsp3) is 0.0652. The summed E-state index contributed by atoms with van der Waals surface area (Å²) in [6.45, 7) is 5.25. The van der Waals surface area contributed by atoms with Gasteiger partial charge in [0.05, 0.1) is 5.71 Å². The molecule has 48 heavy (non-hydrogen) atoms. The fourth-order valence-electron chi connectivity index (χ4n) is 7.37. The zero-order valence-corrected chi connectivity index (χ0v) is 27.0. The van der Waals surface area contributed by atoms with Gasteiger partial charge in [0, 0.05) is 21.7 Å². The zero-order valence-electron chi connectivity index (χ0n) is 27.0. The van der Waals surface area contributed by atoms with Crippen molar-refractivity contribution in [3.63, 3.8) is 0 Å². The quantitative estimate of drug-likeness (QED) is 0.155. The predicted octanol–water partition coefficient (Wildman–Crippen LogP) is 12.9. The number of hydrogen-bond acceptors (Lipinski definition) is 2. The minimum atomic E-state index is 0.500. The van der Waals surface area contributed by atoms with Gasteiger partial charge in [-0.1, -0.05) is 134 Å². The molecule has 0 radical (unpaired) electrons. The van der Waals surface area contributed by atoms with Crippen molar-refractivity contribution in [3.05, 3.63) is 181 Å². The summed E-state index contributed by atoms with van der Waals surface area (Å²) in [4.78, 5) is 0. The number of benzene rings is 6. The highest BCUT2D eigenvalue weighted by atomic mass is 16.3. The van der Waals surface area contributed by atoms with Crippen LogP contribution in [0.3, 0.4) is 0 Å². The van der Waals surface area contributed by atoms with Crippen LogP contribution in [0.1, 0.15) is 36.5 Å². The van der Waals surface area contributed by atoms with E-state index in [-0.39, 0.29) is 0 Å². The Bertz CT molecular complexity index is 2600. The van der Waals surface area contributed by atoms with Gasteiger partial charge >= 0.3 is 0 Å². The van der Waals surface area contributed by atoms with Crippen molar-refractivity contribution >= 4 is 71.1 Å². The number of furan rings is 1. The van der Waals surface area contributed by atoms with Crippen molar-refractivity contribution in [2.75, 3.05) is 0 Å². The minimum absolute atomic E-state index is 0.500. The maximum absolute atomic E-state index is 9.18. The number of para-hydroxylation sites is 1. The lowest BCUT2D eigenvalue weighted by Gasteiger charge is -2.21. The van der Waals surface area contributed by atoms with Gasteiger partial charge in [0.25, 0.3) is 0 Å². The molecule has 2 heteroatoms. The smallest absolute Gasteiger partial charge is 0.144 e. The van der Waals surface area contributed by atoms with Gasteiger partial charge in [-0.2, -0.15) is 0 Å². The van der Waals surface area contributed by atoms with Crippen LogP contribution < -0.4 is 0 Å². The Hall–Kier alpha value is -5.99. The van der Waals surface area contributed by atoms with E-state index in [0.717, 1.165) is 67.8 Å². The lowest BCUT2D eigenvalue weighted by Crippen LogP contribution is -2.06. The molecule has 2 aliphatic carbocycles. The lowest BCUT2D eigenvalue weighted by atomic mass is 9.81. The summed E-state index contributed by atoms with van der Waals surface area (Å²) in [5.74, 6) is 0. The molecule has 0 saturated heterocycles. The molecule has 2 nitrogen and oxygen atoms in total. The molecule has 2 aliphatic rings.